The maximum atomic E-state index is 4.41. The third-order valence-electron chi connectivity index (χ3n) is 3.15. The summed E-state index contributed by atoms with van der Waals surface area (Å²) < 4.78 is 2.21. The number of aryl methyl sites for hydroxylation is 2. The van der Waals surface area contributed by atoms with E-state index in [4.69, 9.17) is 0 Å². The smallest absolute Gasteiger partial charge is 0.202 e. The minimum Gasteiger partial charge on any atom is -0.353 e. The summed E-state index contributed by atoms with van der Waals surface area (Å²) in [5.74, 6) is 0.995. The first-order chi connectivity index (χ1) is 9.19. The van der Waals surface area contributed by atoms with Gasteiger partial charge in [0.2, 0.25) is 5.95 Å². The number of hydrogen-bond donors (Lipinski definition) is 1. The topological polar surface area (TPSA) is 29.9 Å². The molecule has 2 rings (SSSR count). The summed E-state index contributed by atoms with van der Waals surface area (Å²) in [6.45, 7) is 7.63. The van der Waals surface area contributed by atoms with Crippen LogP contribution >= 0.6 is 11.3 Å². The monoisotopic (exact) mass is 277 g/mol. The van der Waals surface area contributed by atoms with Gasteiger partial charge in [-0.15, -0.1) is 11.3 Å². The van der Waals surface area contributed by atoms with Gasteiger partial charge < -0.3 is 9.88 Å². The first-order valence-corrected chi connectivity index (χ1v) is 7.83. The molecule has 0 radical (unpaired) electrons. The largest absolute Gasteiger partial charge is 0.353 e. The zero-order chi connectivity index (χ0) is 13.7. The van der Waals surface area contributed by atoms with E-state index in [0.29, 0.717) is 6.04 Å². The second-order valence-electron chi connectivity index (χ2n) is 5.06. The molecular formula is C15H23N3S. The van der Waals surface area contributed by atoms with E-state index >= 15 is 0 Å². The van der Waals surface area contributed by atoms with E-state index < -0.39 is 0 Å². The number of anilines is 1. The molecule has 1 N–H and O–H groups in total. The Morgan fingerprint density at radius 1 is 1.42 bits per heavy atom. The van der Waals surface area contributed by atoms with E-state index in [-0.39, 0.29) is 0 Å². The van der Waals surface area contributed by atoms with Crippen molar-refractivity contribution in [3.63, 3.8) is 0 Å². The van der Waals surface area contributed by atoms with Gasteiger partial charge in [-0.05, 0) is 32.4 Å². The van der Waals surface area contributed by atoms with Crippen molar-refractivity contribution in [1.82, 2.24) is 9.55 Å². The molecule has 104 valence electrons. The van der Waals surface area contributed by atoms with Crippen LogP contribution in [0.15, 0.2) is 24.5 Å². The number of imidazole rings is 1. The van der Waals surface area contributed by atoms with Gasteiger partial charge in [-0.3, -0.25) is 0 Å². The highest BCUT2D eigenvalue weighted by Gasteiger charge is 2.08. The maximum absolute atomic E-state index is 4.41. The Bertz CT molecular complexity index is 501. The fourth-order valence-electron chi connectivity index (χ4n) is 2.13. The maximum Gasteiger partial charge on any atom is 0.202 e. The molecule has 0 spiro atoms. The number of nitrogens with one attached hydrogen (secondary N) is 1. The predicted octanol–water partition coefficient (Wildman–Crippen LogP) is 4.10. The number of thiophene rings is 1. The lowest BCUT2D eigenvalue weighted by Crippen LogP contribution is -2.20. The number of rotatable bonds is 7. The molecule has 0 fully saturated rings. The minimum absolute atomic E-state index is 0.404. The van der Waals surface area contributed by atoms with Crippen LogP contribution in [0.1, 0.15) is 36.4 Å². The quantitative estimate of drug-likeness (QED) is 0.826. The average molecular weight is 277 g/mol. The van der Waals surface area contributed by atoms with Gasteiger partial charge in [-0.25, -0.2) is 4.98 Å². The molecule has 1 unspecified atom stereocenters. The molecule has 0 bridgehead atoms. The van der Waals surface area contributed by atoms with Crippen molar-refractivity contribution in [2.75, 3.05) is 5.32 Å². The number of unbranched alkanes of at least 4 members (excludes halogenated alkanes) is 1. The normalized spacial score (nSPS) is 12.6. The van der Waals surface area contributed by atoms with Gasteiger partial charge >= 0.3 is 0 Å². The van der Waals surface area contributed by atoms with Crippen LogP contribution in [0.25, 0.3) is 0 Å². The summed E-state index contributed by atoms with van der Waals surface area (Å²) in [5, 5.41) is 3.52. The third-order valence-corrected chi connectivity index (χ3v) is 4.17. The molecule has 19 heavy (non-hydrogen) atoms. The lowest BCUT2D eigenvalue weighted by atomic mass is 10.2. The van der Waals surface area contributed by atoms with Crippen LogP contribution in [-0.4, -0.2) is 15.6 Å². The zero-order valence-corrected chi connectivity index (χ0v) is 12.8. The number of aromatic nitrogens is 2. The highest BCUT2D eigenvalue weighted by atomic mass is 32.1. The molecular weight excluding hydrogens is 254 g/mol. The van der Waals surface area contributed by atoms with Gasteiger partial charge in [-0.2, -0.15) is 0 Å². The highest BCUT2D eigenvalue weighted by molar-refractivity contribution is 7.11. The van der Waals surface area contributed by atoms with Crippen LogP contribution in [-0.2, 0) is 13.0 Å². The summed E-state index contributed by atoms with van der Waals surface area (Å²) in [6, 6.07) is 4.82. The van der Waals surface area contributed by atoms with E-state index in [1.165, 1.54) is 22.6 Å². The van der Waals surface area contributed by atoms with Crippen molar-refractivity contribution in [1.29, 1.82) is 0 Å². The Morgan fingerprint density at radius 3 is 2.95 bits per heavy atom. The second kappa shape index (κ2) is 6.75. The van der Waals surface area contributed by atoms with Crippen molar-refractivity contribution in [2.24, 2.45) is 0 Å². The predicted molar refractivity (Wildman–Crippen MR) is 83.0 cm³/mol. The molecule has 0 saturated carbocycles. The van der Waals surface area contributed by atoms with E-state index in [0.717, 1.165) is 18.9 Å². The van der Waals surface area contributed by atoms with Crippen LogP contribution in [0.5, 0.6) is 0 Å². The Kier molecular flexibility index (Phi) is 5.02. The van der Waals surface area contributed by atoms with Crippen molar-refractivity contribution in [3.8, 4) is 0 Å². The average Bonchev–Trinajstić information content (AvgIpc) is 2.96. The first-order valence-electron chi connectivity index (χ1n) is 7.02. The Balaban J connectivity index is 1.91. The van der Waals surface area contributed by atoms with Crippen LogP contribution in [0.4, 0.5) is 5.95 Å². The van der Waals surface area contributed by atoms with Gasteiger partial charge in [0.15, 0.2) is 0 Å². The second-order valence-corrected chi connectivity index (χ2v) is 6.43. The SMILES string of the molecule is CCCCn1ccnc1NC(C)Cc1ccc(C)s1. The van der Waals surface area contributed by atoms with Crippen molar-refractivity contribution < 1.29 is 0 Å². The molecule has 3 nitrogen and oxygen atoms in total. The van der Waals surface area contributed by atoms with E-state index in [9.17, 15) is 0 Å². The summed E-state index contributed by atoms with van der Waals surface area (Å²) in [6.07, 6.45) is 7.39. The van der Waals surface area contributed by atoms with E-state index in [1.54, 1.807) is 0 Å². The molecule has 0 aromatic carbocycles. The number of nitrogens with zero attached hydrogens (tertiary/aromatic N) is 2. The first kappa shape index (κ1) is 14.1. The highest BCUT2D eigenvalue weighted by Crippen LogP contribution is 2.18. The molecule has 0 aliphatic carbocycles. The van der Waals surface area contributed by atoms with E-state index in [2.05, 4.69) is 54.0 Å². The lowest BCUT2D eigenvalue weighted by Gasteiger charge is -2.15. The van der Waals surface area contributed by atoms with Gasteiger partial charge in [0.05, 0.1) is 0 Å². The Morgan fingerprint density at radius 2 is 2.26 bits per heavy atom. The fraction of sp³-hybridized carbons (Fsp3) is 0.533. The van der Waals surface area contributed by atoms with Gasteiger partial charge in [0, 0.05) is 41.2 Å². The summed E-state index contributed by atoms with van der Waals surface area (Å²) in [7, 11) is 0. The molecule has 0 amide bonds. The van der Waals surface area contributed by atoms with E-state index in [1.807, 2.05) is 17.5 Å². The Hall–Kier alpha value is -1.29. The third kappa shape index (κ3) is 4.10. The molecule has 4 heteroatoms. The Labute approximate surface area is 119 Å². The van der Waals surface area contributed by atoms with Gasteiger partial charge in [0.25, 0.3) is 0 Å². The molecule has 2 heterocycles. The molecule has 0 aliphatic heterocycles. The lowest BCUT2D eigenvalue weighted by molar-refractivity contribution is 0.628. The summed E-state index contributed by atoms with van der Waals surface area (Å²) in [5.41, 5.74) is 0. The van der Waals surface area contributed by atoms with Crippen molar-refractivity contribution >= 4 is 17.3 Å². The summed E-state index contributed by atoms with van der Waals surface area (Å²) in [4.78, 5) is 7.23. The molecule has 0 aliphatic rings. The minimum atomic E-state index is 0.404. The van der Waals surface area contributed by atoms with Crippen molar-refractivity contribution in [3.05, 3.63) is 34.3 Å². The van der Waals surface area contributed by atoms with Crippen LogP contribution in [0.3, 0.4) is 0 Å². The molecule has 1 atom stereocenters. The van der Waals surface area contributed by atoms with Gasteiger partial charge in [0.1, 0.15) is 0 Å². The zero-order valence-electron chi connectivity index (χ0n) is 12.0. The van der Waals surface area contributed by atoms with Crippen LogP contribution in [0, 0.1) is 6.92 Å². The van der Waals surface area contributed by atoms with Crippen LogP contribution < -0.4 is 5.32 Å². The molecule has 2 aromatic rings. The van der Waals surface area contributed by atoms with Gasteiger partial charge in [-0.1, -0.05) is 13.3 Å². The summed E-state index contributed by atoms with van der Waals surface area (Å²) >= 11 is 1.88. The number of hydrogen-bond acceptors (Lipinski definition) is 3. The standard InChI is InChI=1S/C15H23N3S/c1-4-5-9-18-10-8-16-15(18)17-12(2)11-14-7-6-13(3)19-14/h6-8,10,12H,4-5,9,11H2,1-3H3,(H,16,17). The molecule has 2 aromatic heterocycles. The fourth-order valence-corrected chi connectivity index (χ4v) is 3.15. The molecule has 0 saturated heterocycles. The van der Waals surface area contributed by atoms with Crippen LogP contribution in [0.2, 0.25) is 0 Å². The van der Waals surface area contributed by atoms with Crippen molar-refractivity contribution in [2.45, 2.75) is 52.6 Å².